The number of nitriles is 1. The lowest BCUT2D eigenvalue weighted by Crippen LogP contribution is -2.33. The Labute approximate surface area is 156 Å². The van der Waals surface area contributed by atoms with E-state index in [0.717, 1.165) is 5.56 Å². The molecule has 0 aliphatic rings. The Kier molecular flexibility index (Phi) is 5.32. The highest BCUT2D eigenvalue weighted by atomic mass is 19.1. The summed E-state index contributed by atoms with van der Waals surface area (Å²) in [7, 11) is 0. The van der Waals surface area contributed by atoms with Crippen LogP contribution in [0.4, 0.5) is 4.39 Å². The lowest BCUT2D eigenvalue weighted by Gasteiger charge is -2.27. The summed E-state index contributed by atoms with van der Waals surface area (Å²) in [6.45, 7) is 4.23. The van der Waals surface area contributed by atoms with Gasteiger partial charge in [0.1, 0.15) is 5.82 Å². The van der Waals surface area contributed by atoms with E-state index in [1.165, 1.54) is 12.1 Å². The molecule has 0 aliphatic carbocycles. The molecule has 3 aromatic rings. The molecule has 5 nitrogen and oxygen atoms in total. The number of aromatic nitrogens is 1. The fraction of sp³-hybridized carbons (Fsp3) is 0.190. The zero-order valence-corrected chi connectivity index (χ0v) is 15.0. The second-order valence-electron chi connectivity index (χ2n) is 6.06. The van der Waals surface area contributed by atoms with Crippen molar-refractivity contribution in [3.63, 3.8) is 0 Å². The molecule has 6 heteroatoms. The van der Waals surface area contributed by atoms with Crippen molar-refractivity contribution in [2.75, 3.05) is 6.54 Å². The summed E-state index contributed by atoms with van der Waals surface area (Å²) in [6, 6.07) is 16.6. The average molecular weight is 363 g/mol. The molecule has 1 amide bonds. The van der Waals surface area contributed by atoms with Crippen LogP contribution in [0, 0.1) is 17.1 Å². The van der Waals surface area contributed by atoms with Gasteiger partial charge in [-0.25, -0.2) is 4.39 Å². The van der Waals surface area contributed by atoms with E-state index in [1.54, 1.807) is 35.2 Å². The van der Waals surface area contributed by atoms with Gasteiger partial charge in [-0.2, -0.15) is 5.26 Å². The van der Waals surface area contributed by atoms with Gasteiger partial charge in [0.05, 0.1) is 23.2 Å². The van der Waals surface area contributed by atoms with Gasteiger partial charge in [0.25, 0.3) is 5.91 Å². The highest BCUT2D eigenvalue weighted by Gasteiger charge is 2.25. The van der Waals surface area contributed by atoms with E-state index >= 15 is 0 Å². The van der Waals surface area contributed by atoms with Crippen molar-refractivity contribution in [2.24, 2.45) is 0 Å². The van der Waals surface area contributed by atoms with Crippen LogP contribution in [0.2, 0.25) is 0 Å². The van der Waals surface area contributed by atoms with Crippen molar-refractivity contribution < 1.29 is 13.7 Å². The molecule has 0 bridgehead atoms. The Morgan fingerprint density at radius 3 is 2.59 bits per heavy atom. The molecule has 0 spiro atoms. The fourth-order valence-corrected chi connectivity index (χ4v) is 2.92. The summed E-state index contributed by atoms with van der Waals surface area (Å²) in [5.41, 5.74) is 1.84. The molecule has 0 N–H and O–H groups in total. The van der Waals surface area contributed by atoms with E-state index in [2.05, 4.69) is 11.2 Å². The molecule has 3 rings (SSSR count). The molecule has 0 radical (unpaired) electrons. The number of amides is 1. The van der Waals surface area contributed by atoms with Gasteiger partial charge in [-0.1, -0.05) is 29.4 Å². The Morgan fingerprint density at radius 2 is 1.96 bits per heavy atom. The molecular formula is C21H18FN3O2. The summed E-state index contributed by atoms with van der Waals surface area (Å²) >= 11 is 0. The Bertz CT molecular complexity index is 989. The van der Waals surface area contributed by atoms with Crippen molar-refractivity contribution in [1.29, 1.82) is 5.26 Å². The van der Waals surface area contributed by atoms with Gasteiger partial charge in [-0.05, 0) is 43.7 Å². The van der Waals surface area contributed by atoms with Gasteiger partial charge in [0, 0.05) is 12.6 Å². The first-order valence-corrected chi connectivity index (χ1v) is 8.57. The lowest BCUT2D eigenvalue weighted by atomic mass is 10.0. The predicted octanol–water partition coefficient (Wildman–Crippen LogP) is 4.58. The summed E-state index contributed by atoms with van der Waals surface area (Å²) in [4.78, 5) is 14.5. The van der Waals surface area contributed by atoms with Crippen molar-refractivity contribution in [3.8, 4) is 17.4 Å². The van der Waals surface area contributed by atoms with Crippen LogP contribution in [-0.2, 0) is 0 Å². The molecule has 27 heavy (non-hydrogen) atoms. The van der Waals surface area contributed by atoms with E-state index in [0.29, 0.717) is 12.1 Å². The topological polar surface area (TPSA) is 70.1 Å². The molecule has 1 atom stereocenters. The summed E-state index contributed by atoms with van der Waals surface area (Å²) in [6.07, 6.45) is 0. The quantitative estimate of drug-likeness (QED) is 0.665. The minimum Gasteiger partial charge on any atom is -0.355 e. The van der Waals surface area contributed by atoms with Crippen LogP contribution < -0.4 is 0 Å². The molecule has 1 unspecified atom stereocenters. The van der Waals surface area contributed by atoms with E-state index in [1.807, 2.05) is 26.0 Å². The van der Waals surface area contributed by atoms with Gasteiger partial charge in [-0.15, -0.1) is 0 Å². The van der Waals surface area contributed by atoms with Crippen LogP contribution in [0.25, 0.3) is 11.3 Å². The molecule has 0 saturated carbocycles. The number of hydrogen-bond acceptors (Lipinski definition) is 4. The number of hydrogen-bond donors (Lipinski definition) is 0. The van der Waals surface area contributed by atoms with Gasteiger partial charge in [0.2, 0.25) is 0 Å². The second kappa shape index (κ2) is 7.83. The van der Waals surface area contributed by atoms with Gasteiger partial charge in [-0.3, -0.25) is 4.79 Å². The maximum Gasteiger partial charge on any atom is 0.276 e. The van der Waals surface area contributed by atoms with Crippen molar-refractivity contribution >= 4 is 5.91 Å². The van der Waals surface area contributed by atoms with Gasteiger partial charge >= 0.3 is 0 Å². The monoisotopic (exact) mass is 363 g/mol. The van der Waals surface area contributed by atoms with E-state index in [-0.39, 0.29) is 29.0 Å². The maximum absolute atomic E-state index is 13.9. The SMILES string of the molecule is CCN(C(=O)c1cc(-c2ccccc2F)on1)C(C)c1ccc(C#N)cc1. The standard InChI is InChI=1S/C21H18FN3O2/c1-3-25(14(2)16-10-8-15(13-23)9-11-16)21(26)19-12-20(27-24-19)17-6-4-5-7-18(17)22/h4-12,14H,3H2,1-2H3. The van der Waals surface area contributed by atoms with Gasteiger partial charge in [0.15, 0.2) is 11.5 Å². The number of carbonyl (C=O) groups excluding carboxylic acids is 1. The third-order valence-electron chi connectivity index (χ3n) is 4.46. The first-order valence-electron chi connectivity index (χ1n) is 8.57. The van der Waals surface area contributed by atoms with Crippen molar-refractivity contribution in [1.82, 2.24) is 10.1 Å². The number of carbonyl (C=O) groups is 1. The zero-order chi connectivity index (χ0) is 19.4. The van der Waals surface area contributed by atoms with Crippen molar-refractivity contribution in [2.45, 2.75) is 19.9 Å². The molecule has 0 aliphatic heterocycles. The highest BCUT2D eigenvalue weighted by molar-refractivity contribution is 5.93. The maximum atomic E-state index is 13.9. The fourth-order valence-electron chi connectivity index (χ4n) is 2.92. The largest absolute Gasteiger partial charge is 0.355 e. The average Bonchev–Trinajstić information content (AvgIpc) is 3.18. The minimum absolute atomic E-state index is 0.121. The molecule has 1 aromatic heterocycles. The second-order valence-corrected chi connectivity index (χ2v) is 6.06. The van der Waals surface area contributed by atoms with Crippen LogP contribution in [0.1, 0.15) is 41.5 Å². The summed E-state index contributed by atoms with van der Waals surface area (Å²) in [5, 5.41) is 12.7. The van der Waals surface area contributed by atoms with Crippen LogP contribution in [0.5, 0.6) is 0 Å². The van der Waals surface area contributed by atoms with E-state index in [9.17, 15) is 9.18 Å². The van der Waals surface area contributed by atoms with Crippen LogP contribution in [-0.4, -0.2) is 22.5 Å². The molecule has 1 heterocycles. The summed E-state index contributed by atoms with van der Waals surface area (Å²) in [5.74, 6) is -0.537. The zero-order valence-electron chi connectivity index (χ0n) is 15.0. The van der Waals surface area contributed by atoms with Crippen LogP contribution >= 0.6 is 0 Å². The Hall–Kier alpha value is -3.46. The molecule has 136 valence electrons. The van der Waals surface area contributed by atoms with Crippen molar-refractivity contribution in [3.05, 3.63) is 77.2 Å². The smallest absolute Gasteiger partial charge is 0.276 e. The first-order chi connectivity index (χ1) is 13.0. The minimum atomic E-state index is -0.439. The Morgan fingerprint density at radius 1 is 1.26 bits per heavy atom. The lowest BCUT2D eigenvalue weighted by molar-refractivity contribution is 0.0691. The molecular weight excluding hydrogens is 345 g/mol. The number of nitrogens with zero attached hydrogens (tertiary/aromatic N) is 3. The molecule has 0 fully saturated rings. The Balaban J connectivity index is 1.85. The first kappa shape index (κ1) is 18.3. The van der Waals surface area contributed by atoms with Gasteiger partial charge < -0.3 is 9.42 Å². The van der Waals surface area contributed by atoms with Crippen LogP contribution in [0.15, 0.2) is 59.1 Å². The van der Waals surface area contributed by atoms with E-state index in [4.69, 9.17) is 9.78 Å². The normalized spacial score (nSPS) is 11.6. The van der Waals surface area contributed by atoms with Crippen LogP contribution in [0.3, 0.4) is 0 Å². The third-order valence-corrected chi connectivity index (χ3v) is 4.46. The highest BCUT2D eigenvalue weighted by Crippen LogP contribution is 2.26. The summed E-state index contributed by atoms with van der Waals surface area (Å²) < 4.78 is 19.1. The predicted molar refractivity (Wildman–Crippen MR) is 98.2 cm³/mol. The number of halogens is 1. The number of rotatable bonds is 5. The van der Waals surface area contributed by atoms with E-state index < -0.39 is 5.82 Å². The molecule has 2 aromatic carbocycles. The molecule has 0 saturated heterocycles. The third kappa shape index (κ3) is 3.72. The number of benzene rings is 2.